The number of nitrogens with zero attached hydrogens (tertiary/aromatic N) is 4. The van der Waals surface area contributed by atoms with E-state index in [4.69, 9.17) is 0 Å². The molecule has 1 amide bonds. The standard InChI is InChI=1S/C16H21N5O2S2/c1-11-19-20-16(25-11)24-10-15(23)18-13-5-7-21(9-14(13)22)8-12-4-2-3-6-17-12/h2-4,6,13-14,22H,5,7-10H2,1H3,(H,18,23)/t13-,14-/m1/s1. The lowest BCUT2D eigenvalue weighted by Crippen LogP contribution is -2.54. The smallest absolute Gasteiger partial charge is 0.230 e. The van der Waals surface area contributed by atoms with Crippen LogP contribution in [0.15, 0.2) is 28.7 Å². The number of rotatable bonds is 6. The SMILES string of the molecule is Cc1nnc(SCC(=O)N[C@@H]2CCN(Cc3ccccn3)C[C@H]2O)s1. The van der Waals surface area contributed by atoms with Gasteiger partial charge in [0.1, 0.15) is 5.01 Å². The highest BCUT2D eigenvalue weighted by atomic mass is 32.2. The van der Waals surface area contributed by atoms with E-state index in [-0.39, 0.29) is 17.7 Å². The predicted octanol–water partition coefficient (Wildman–Crippen LogP) is 1.09. The molecule has 1 fully saturated rings. The number of thioether (sulfide) groups is 1. The second-order valence-electron chi connectivity index (χ2n) is 5.96. The fourth-order valence-corrected chi connectivity index (χ4v) is 4.37. The molecular weight excluding hydrogens is 358 g/mol. The molecule has 25 heavy (non-hydrogen) atoms. The van der Waals surface area contributed by atoms with Gasteiger partial charge in [-0.3, -0.25) is 14.7 Å². The van der Waals surface area contributed by atoms with Crippen LogP contribution in [0.2, 0.25) is 0 Å². The van der Waals surface area contributed by atoms with Crippen molar-refractivity contribution < 1.29 is 9.90 Å². The molecule has 1 aliphatic rings. The summed E-state index contributed by atoms with van der Waals surface area (Å²) in [6, 6.07) is 5.63. The van der Waals surface area contributed by atoms with E-state index in [0.29, 0.717) is 13.1 Å². The topological polar surface area (TPSA) is 91.2 Å². The van der Waals surface area contributed by atoms with Crippen molar-refractivity contribution in [1.82, 2.24) is 25.4 Å². The molecule has 3 heterocycles. The Balaban J connectivity index is 1.42. The largest absolute Gasteiger partial charge is 0.390 e. The van der Waals surface area contributed by atoms with Crippen LogP contribution in [-0.4, -0.2) is 62.1 Å². The van der Waals surface area contributed by atoms with Crippen molar-refractivity contribution in [2.24, 2.45) is 0 Å². The third kappa shape index (κ3) is 5.46. The maximum Gasteiger partial charge on any atom is 0.230 e. The lowest BCUT2D eigenvalue weighted by atomic mass is 10.0. The van der Waals surface area contributed by atoms with Gasteiger partial charge in [-0.15, -0.1) is 10.2 Å². The molecule has 2 atom stereocenters. The Labute approximate surface area is 154 Å². The molecule has 0 unspecified atom stereocenters. The molecule has 2 aromatic heterocycles. The fourth-order valence-electron chi connectivity index (χ4n) is 2.74. The Morgan fingerprint density at radius 1 is 1.48 bits per heavy atom. The zero-order valence-electron chi connectivity index (χ0n) is 14.0. The zero-order chi connectivity index (χ0) is 17.6. The highest BCUT2D eigenvalue weighted by Gasteiger charge is 2.29. The number of piperidine rings is 1. The van der Waals surface area contributed by atoms with Gasteiger partial charge in [0.15, 0.2) is 4.34 Å². The highest BCUT2D eigenvalue weighted by molar-refractivity contribution is 8.01. The van der Waals surface area contributed by atoms with Crippen LogP contribution in [0.1, 0.15) is 17.1 Å². The Morgan fingerprint density at radius 3 is 3.04 bits per heavy atom. The van der Waals surface area contributed by atoms with Crippen molar-refractivity contribution >= 4 is 29.0 Å². The van der Waals surface area contributed by atoms with Crippen molar-refractivity contribution in [2.75, 3.05) is 18.8 Å². The van der Waals surface area contributed by atoms with Crippen LogP contribution in [0.4, 0.5) is 0 Å². The first-order chi connectivity index (χ1) is 12.1. The predicted molar refractivity (Wildman–Crippen MR) is 97.4 cm³/mol. The number of carbonyl (C=O) groups excluding carboxylic acids is 1. The molecule has 134 valence electrons. The second-order valence-corrected chi connectivity index (χ2v) is 8.37. The first-order valence-corrected chi connectivity index (χ1v) is 9.93. The number of aryl methyl sites for hydroxylation is 1. The van der Waals surface area contributed by atoms with Gasteiger partial charge in [0.05, 0.1) is 23.6 Å². The van der Waals surface area contributed by atoms with Crippen LogP contribution in [0.3, 0.4) is 0 Å². The van der Waals surface area contributed by atoms with Crippen LogP contribution in [0.5, 0.6) is 0 Å². The number of likely N-dealkylation sites (tertiary alicyclic amines) is 1. The summed E-state index contributed by atoms with van der Waals surface area (Å²) in [6.07, 6.45) is 1.92. The van der Waals surface area contributed by atoms with Crippen LogP contribution in [0, 0.1) is 6.92 Å². The van der Waals surface area contributed by atoms with E-state index < -0.39 is 6.10 Å². The second kappa shape index (κ2) is 8.70. The quantitative estimate of drug-likeness (QED) is 0.726. The summed E-state index contributed by atoms with van der Waals surface area (Å²) in [5, 5.41) is 22.1. The van der Waals surface area contributed by atoms with Gasteiger partial charge >= 0.3 is 0 Å². The Morgan fingerprint density at radius 2 is 2.36 bits per heavy atom. The monoisotopic (exact) mass is 379 g/mol. The summed E-state index contributed by atoms with van der Waals surface area (Å²) >= 11 is 2.85. The van der Waals surface area contributed by atoms with E-state index in [2.05, 4.69) is 25.4 Å². The molecule has 0 bridgehead atoms. The Hall–Kier alpha value is -1.55. The minimum Gasteiger partial charge on any atom is -0.390 e. The summed E-state index contributed by atoms with van der Waals surface area (Å²) in [6.45, 7) is 3.95. The zero-order valence-corrected chi connectivity index (χ0v) is 15.6. The number of hydrogen-bond acceptors (Lipinski definition) is 8. The summed E-state index contributed by atoms with van der Waals surface area (Å²) < 4.78 is 0.790. The number of pyridine rings is 1. The Bertz CT molecular complexity index is 697. The first kappa shape index (κ1) is 18.2. The van der Waals surface area contributed by atoms with E-state index >= 15 is 0 Å². The maximum absolute atomic E-state index is 12.1. The molecule has 0 spiro atoms. The fraction of sp³-hybridized carbons (Fsp3) is 0.500. The van der Waals surface area contributed by atoms with Crippen molar-refractivity contribution in [3.05, 3.63) is 35.1 Å². The summed E-state index contributed by atoms with van der Waals surface area (Å²) in [4.78, 5) is 18.6. The number of aromatic nitrogens is 3. The minimum atomic E-state index is -0.574. The number of aliphatic hydroxyl groups excluding tert-OH is 1. The molecule has 9 heteroatoms. The van der Waals surface area contributed by atoms with Gasteiger partial charge in [0, 0.05) is 25.8 Å². The lowest BCUT2D eigenvalue weighted by Gasteiger charge is -2.36. The molecule has 2 aromatic rings. The van der Waals surface area contributed by atoms with E-state index in [1.165, 1.54) is 23.1 Å². The summed E-state index contributed by atoms with van der Waals surface area (Å²) in [5.41, 5.74) is 0.987. The number of carbonyl (C=O) groups is 1. The normalized spacial score (nSPS) is 21.2. The molecule has 0 aliphatic carbocycles. The van der Waals surface area contributed by atoms with Crippen molar-refractivity contribution in [1.29, 1.82) is 0 Å². The van der Waals surface area contributed by atoms with Crippen molar-refractivity contribution in [2.45, 2.75) is 36.4 Å². The van der Waals surface area contributed by atoms with Crippen LogP contribution >= 0.6 is 23.1 Å². The number of amides is 1. The molecule has 0 radical (unpaired) electrons. The number of hydrogen-bond donors (Lipinski definition) is 2. The first-order valence-electron chi connectivity index (χ1n) is 8.13. The van der Waals surface area contributed by atoms with Crippen molar-refractivity contribution in [3.63, 3.8) is 0 Å². The van der Waals surface area contributed by atoms with E-state index in [1.807, 2.05) is 25.1 Å². The molecule has 1 aliphatic heterocycles. The maximum atomic E-state index is 12.1. The minimum absolute atomic E-state index is 0.0833. The third-order valence-corrected chi connectivity index (χ3v) is 5.93. The van der Waals surface area contributed by atoms with E-state index in [0.717, 1.165) is 28.0 Å². The van der Waals surface area contributed by atoms with Gasteiger partial charge < -0.3 is 10.4 Å². The van der Waals surface area contributed by atoms with Gasteiger partial charge in [0.25, 0.3) is 0 Å². The third-order valence-electron chi connectivity index (χ3n) is 3.96. The van der Waals surface area contributed by atoms with Gasteiger partial charge in [-0.25, -0.2) is 0 Å². The summed E-state index contributed by atoms with van der Waals surface area (Å²) in [7, 11) is 0. The average Bonchev–Trinajstić information content (AvgIpc) is 3.02. The molecule has 7 nitrogen and oxygen atoms in total. The molecule has 3 rings (SSSR count). The average molecular weight is 380 g/mol. The number of aliphatic hydroxyl groups is 1. The summed E-state index contributed by atoms with van der Waals surface area (Å²) in [5.74, 6) is 0.204. The van der Waals surface area contributed by atoms with Gasteiger partial charge in [0.2, 0.25) is 5.91 Å². The van der Waals surface area contributed by atoms with Crippen LogP contribution in [-0.2, 0) is 11.3 Å². The Kier molecular flexibility index (Phi) is 6.35. The van der Waals surface area contributed by atoms with Gasteiger partial charge in [-0.1, -0.05) is 29.2 Å². The molecular formula is C16H21N5O2S2. The molecule has 1 saturated heterocycles. The van der Waals surface area contributed by atoms with E-state index in [1.54, 1.807) is 6.20 Å². The van der Waals surface area contributed by atoms with Gasteiger partial charge in [-0.05, 0) is 25.5 Å². The van der Waals surface area contributed by atoms with Crippen molar-refractivity contribution in [3.8, 4) is 0 Å². The number of β-amino-alcohol motifs (C(OH)–C–C–N with tert-alkyl or cyclic N) is 1. The van der Waals surface area contributed by atoms with Crippen LogP contribution in [0.25, 0.3) is 0 Å². The molecule has 2 N–H and O–H groups in total. The van der Waals surface area contributed by atoms with E-state index in [9.17, 15) is 9.90 Å². The molecule has 0 saturated carbocycles. The van der Waals surface area contributed by atoms with Crippen LogP contribution < -0.4 is 5.32 Å². The van der Waals surface area contributed by atoms with Gasteiger partial charge in [-0.2, -0.15) is 0 Å². The highest BCUT2D eigenvalue weighted by Crippen LogP contribution is 2.21. The number of nitrogens with one attached hydrogen (secondary N) is 1. The molecule has 0 aromatic carbocycles. The lowest BCUT2D eigenvalue weighted by molar-refractivity contribution is -0.120.